The van der Waals surface area contributed by atoms with Gasteiger partial charge in [0.2, 0.25) is 15.9 Å². The van der Waals surface area contributed by atoms with Gasteiger partial charge < -0.3 is 9.64 Å². The Morgan fingerprint density at radius 3 is 2.71 bits per heavy atom. The van der Waals surface area contributed by atoms with Crippen molar-refractivity contribution in [3.63, 3.8) is 0 Å². The number of amides is 1. The Morgan fingerprint density at radius 1 is 1.25 bits per heavy atom. The zero-order valence-corrected chi connectivity index (χ0v) is 15.9. The van der Waals surface area contributed by atoms with Crippen LogP contribution in [0.1, 0.15) is 13.3 Å². The van der Waals surface area contributed by atoms with Crippen molar-refractivity contribution < 1.29 is 17.9 Å². The number of halogens is 1. The molecule has 2 aliphatic rings. The second kappa shape index (κ2) is 7.11. The summed E-state index contributed by atoms with van der Waals surface area (Å²) in [7, 11) is -3.59. The molecule has 2 aliphatic heterocycles. The number of carbonyl (C=O) groups is 1. The fourth-order valence-electron chi connectivity index (χ4n) is 3.22. The molecule has 1 aromatic carbocycles. The second-order valence-corrected chi connectivity index (χ2v) is 9.01. The highest BCUT2D eigenvalue weighted by molar-refractivity contribution is 9.10. The number of ether oxygens (including phenoxy) is 1. The van der Waals surface area contributed by atoms with Crippen molar-refractivity contribution in [1.82, 2.24) is 9.21 Å². The summed E-state index contributed by atoms with van der Waals surface area (Å²) in [4.78, 5) is 14.7. The molecule has 2 unspecified atom stereocenters. The van der Waals surface area contributed by atoms with Crippen LogP contribution >= 0.6 is 15.9 Å². The summed E-state index contributed by atoms with van der Waals surface area (Å²) in [5, 5.41) is 0. The third kappa shape index (κ3) is 3.51. The van der Waals surface area contributed by atoms with Crippen LogP contribution < -0.4 is 0 Å². The van der Waals surface area contributed by atoms with E-state index in [-0.39, 0.29) is 29.4 Å². The first-order chi connectivity index (χ1) is 11.4. The zero-order valence-electron chi connectivity index (χ0n) is 13.5. The predicted octanol–water partition coefficient (Wildman–Crippen LogP) is 1.71. The van der Waals surface area contributed by atoms with E-state index in [0.29, 0.717) is 37.1 Å². The van der Waals surface area contributed by atoms with Crippen LogP contribution in [-0.4, -0.2) is 62.4 Å². The van der Waals surface area contributed by atoms with Gasteiger partial charge in [-0.05, 0) is 41.4 Å². The van der Waals surface area contributed by atoms with Gasteiger partial charge in [-0.15, -0.1) is 0 Å². The molecule has 24 heavy (non-hydrogen) atoms. The average molecular weight is 417 g/mol. The molecule has 3 rings (SSSR count). The van der Waals surface area contributed by atoms with Crippen molar-refractivity contribution in [3.05, 3.63) is 28.7 Å². The number of sulfonamides is 1. The van der Waals surface area contributed by atoms with Crippen LogP contribution in [-0.2, 0) is 19.6 Å². The van der Waals surface area contributed by atoms with E-state index in [1.807, 2.05) is 6.92 Å². The lowest BCUT2D eigenvalue weighted by atomic mass is 10.1. The summed E-state index contributed by atoms with van der Waals surface area (Å²) in [6, 6.07) is 6.77. The highest BCUT2D eigenvalue weighted by atomic mass is 79.9. The maximum Gasteiger partial charge on any atom is 0.244 e. The summed E-state index contributed by atoms with van der Waals surface area (Å²) in [5.74, 6) is -0.234. The van der Waals surface area contributed by atoms with Crippen LogP contribution in [0, 0.1) is 5.92 Å². The first-order valence-electron chi connectivity index (χ1n) is 8.04. The quantitative estimate of drug-likeness (QED) is 0.751. The van der Waals surface area contributed by atoms with Crippen LogP contribution in [0.4, 0.5) is 0 Å². The summed E-state index contributed by atoms with van der Waals surface area (Å²) in [5.41, 5.74) is 0. The van der Waals surface area contributed by atoms with Gasteiger partial charge in [-0.25, -0.2) is 8.42 Å². The predicted molar refractivity (Wildman–Crippen MR) is 93.0 cm³/mol. The van der Waals surface area contributed by atoms with Gasteiger partial charge in [-0.2, -0.15) is 4.31 Å². The van der Waals surface area contributed by atoms with Gasteiger partial charge in [0.1, 0.15) is 0 Å². The molecule has 1 aromatic rings. The van der Waals surface area contributed by atoms with Gasteiger partial charge >= 0.3 is 0 Å². The number of nitrogens with zero attached hydrogens (tertiary/aromatic N) is 2. The summed E-state index contributed by atoms with van der Waals surface area (Å²) >= 11 is 3.30. The van der Waals surface area contributed by atoms with E-state index >= 15 is 0 Å². The molecule has 6 nitrogen and oxygen atoms in total. The Labute approximate surface area is 150 Å². The highest BCUT2D eigenvalue weighted by Crippen LogP contribution is 2.29. The molecule has 2 heterocycles. The van der Waals surface area contributed by atoms with E-state index < -0.39 is 10.0 Å². The number of carbonyl (C=O) groups excluding carboxylic acids is 1. The standard InChI is InChI=1S/C16H21BrN2O4S/c1-12-10-18(8-9-23-12)16(20)13-6-7-19(11-13)24(21,22)15-5-3-2-4-14(15)17/h2-5,12-13H,6-11H2,1H3. The first-order valence-corrected chi connectivity index (χ1v) is 10.3. The molecule has 0 N–H and O–H groups in total. The molecule has 0 aliphatic carbocycles. The molecule has 8 heteroatoms. The summed E-state index contributed by atoms with van der Waals surface area (Å²) < 4.78 is 33.0. The van der Waals surface area contributed by atoms with E-state index in [0.717, 1.165) is 0 Å². The second-order valence-electron chi connectivity index (χ2n) is 6.24. The molecule has 1 amide bonds. The van der Waals surface area contributed by atoms with Crippen molar-refractivity contribution in [1.29, 1.82) is 0 Å². The fourth-order valence-corrected chi connectivity index (χ4v) is 5.68. The Balaban J connectivity index is 1.71. The van der Waals surface area contributed by atoms with Gasteiger partial charge in [0.25, 0.3) is 0 Å². The Hall–Kier alpha value is -0.960. The van der Waals surface area contributed by atoms with Gasteiger partial charge in [-0.3, -0.25) is 4.79 Å². The van der Waals surface area contributed by atoms with Crippen LogP contribution in [0.25, 0.3) is 0 Å². The number of benzene rings is 1. The lowest BCUT2D eigenvalue weighted by Crippen LogP contribution is -2.47. The number of hydrogen-bond donors (Lipinski definition) is 0. The molecule has 0 bridgehead atoms. The molecular weight excluding hydrogens is 396 g/mol. The van der Waals surface area contributed by atoms with Crippen molar-refractivity contribution in [3.8, 4) is 0 Å². The topological polar surface area (TPSA) is 66.9 Å². The molecule has 132 valence electrons. The van der Waals surface area contributed by atoms with E-state index in [4.69, 9.17) is 4.74 Å². The van der Waals surface area contributed by atoms with Crippen molar-refractivity contribution in [2.45, 2.75) is 24.3 Å². The van der Waals surface area contributed by atoms with Gasteiger partial charge in [-0.1, -0.05) is 12.1 Å². The monoisotopic (exact) mass is 416 g/mol. The Bertz CT molecular complexity index is 725. The minimum Gasteiger partial charge on any atom is -0.375 e. The largest absolute Gasteiger partial charge is 0.375 e. The van der Waals surface area contributed by atoms with E-state index in [2.05, 4.69) is 15.9 Å². The number of morpholine rings is 1. The number of hydrogen-bond acceptors (Lipinski definition) is 4. The molecular formula is C16H21BrN2O4S. The van der Waals surface area contributed by atoms with Crippen molar-refractivity contribution in [2.75, 3.05) is 32.8 Å². The SMILES string of the molecule is CC1CN(C(=O)C2CCN(S(=O)(=O)c3ccccc3Br)C2)CCO1. The van der Waals surface area contributed by atoms with Crippen LogP contribution in [0.5, 0.6) is 0 Å². The molecule has 2 saturated heterocycles. The molecule has 0 aromatic heterocycles. The van der Waals surface area contributed by atoms with Crippen molar-refractivity contribution >= 4 is 31.9 Å². The molecule has 0 spiro atoms. The van der Waals surface area contributed by atoms with E-state index in [1.165, 1.54) is 4.31 Å². The minimum absolute atomic E-state index is 0.0317. The van der Waals surface area contributed by atoms with Crippen LogP contribution in [0.2, 0.25) is 0 Å². The normalized spacial score (nSPS) is 25.8. The van der Waals surface area contributed by atoms with Gasteiger partial charge in [0.15, 0.2) is 0 Å². The first kappa shape index (κ1) is 17.8. The summed E-state index contributed by atoms with van der Waals surface area (Å²) in [6.07, 6.45) is 0.595. The molecule has 0 saturated carbocycles. The average Bonchev–Trinajstić information content (AvgIpc) is 3.05. The molecule has 2 fully saturated rings. The zero-order chi connectivity index (χ0) is 17.3. The Morgan fingerprint density at radius 2 is 2.00 bits per heavy atom. The van der Waals surface area contributed by atoms with E-state index in [1.54, 1.807) is 29.2 Å². The fraction of sp³-hybridized carbons (Fsp3) is 0.562. The van der Waals surface area contributed by atoms with Gasteiger partial charge in [0, 0.05) is 30.7 Å². The summed E-state index contributed by atoms with van der Waals surface area (Å²) in [6.45, 7) is 4.26. The molecule has 2 atom stereocenters. The minimum atomic E-state index is -3.59. The third-order valence-electron chi connectivity index (χ3n) is 4.51. The van der Waals surface area contributed by atoms with Gasteiger partial charge in [0.05, 0.1) is 23.5 Å². The maximum absolute atomic E-state index is 12.8. The van der Waals surface area contributed by atoms with Crippen LogP contribution in [0.15, 0.2) is 33.6 Å². The van der Waals surface area contributed by atoms with Crippen LogP contribution in [0.3, 0.4) is 0 Å². The lowest BCUT2D eigenvalue weighted by Gasteiger charge is -2.32. The Kier molecular flexibility index (Phi) is 5.29. The maximum atomic E-state index is 12.8. The lowest BCUT2D eigenvalue weighted by molar-refractivity contribution is -0.141. The number of rotatable bonds is 3. The van der Waals surface area contributed by atoms with E-state index in [9.17, 15) is 13.2 Å². The van der Waals surface area contributed by atoms with Crippen molar-refractivity contribution in [2.24, 2.45) is 5.92 Å². The smallest absolute Gasteiger partial charge is 0.244 e. The highest BCUT2D eigenvalue weighted by Gasteiger charge is 2.38. The third-order valence-corrected chi connectivity index (χ3v) is 7.38. The molecule has 0 radical (unpaired) electrons.